The fourth-order valence-electron chi connectivity index (χ4n) is 2.83. The van der Waals surface area contributed by atoms with Crippen molar-refractivity contribution < 1.29 is 13.2 Å². The molecule has 0 fully saturated rings. The lowest BCUT2D eigenvalue weighted by molar-refractivity contribution is 0.102. The summed E-state index contributed by atoms with van der Waals surface area (Å²) in [5.41, 5.74) is 1.30. The standard InChI is InChI=1S/C21H18BrClN2O3S/c1-2-25(16-8-4-3-5-9-16)29(27,28)20-14-15(12-13-19(20)23)24-21(26)17-10-6-7-11-18(17)22/h3-14H,2H2,1H3,(H,24,26). The number of amides is 1. The van der Waals surface area contributed by atoms with Crippen LogP contribution in [0.1, 0.15) is 17.3 Å². The molecule has 3 rings (SSSR count). The van der Waals surface area contributed by atoms with Gasteiger partial charge in [-0.05, 0) is 65.3 Å². The zero-order chi connectivity index (χ0) is 21.0. The Morgan fingerprint density at radius 1 is 1.03 bits per heavy atom. The van der Waals surface area contributed by atoms with E-state index in [0.717, 1.165) is 0 Å². The first kappa shape index (κ1) is 21.4. The number of halogens is 2. The Bertz CT molecular complexity index is 1140. The number of nitrogens with zero attached hydrogens (tertiary/aromatic N) is 1. The molecule has 0 aliphatic rings. The summed E-state index contributed by atoms with van der Waals surface area (Å²) in [4.78, 5) is 12.5. The number of sulfonamides is 1. The minimum absolute atomic E-state index is 0.0743. The molecule has 0 aliphatic heterocycles. The van der Waals surface area contributed by atoms with Gasteiger partial charge in [0.2, 0.25) is 0 Å². The van der Waals surface area contributed by atoms with Crippen LogP contribution < -0.4 is 9.62 Å². The maximum Gasteiger partial charge on any atom is 0.265 e. The summed E-state index contributed by atoms with van der Waals surface area (Å²) < 4.78 is 28.4. The second-order valence-corrected chi connectivity index (χ2v) is 9.18. The van der Waals surface area contributed by atoms with Crippen LogP contribution in [0.3, 0.4) is 0 Å². The van der Waals surface area contributed by atoms with Crippen molar-refractivity contribution in [3.05, 3.63) is 87.9 Å². The predicted octanol–water partition coefficient (Wildman–Crippen LogP) is 5.57. The Morgan fingerprint density at radius 2 is 1.69 bits per heavy atom. The topological polar surface area (TPSA) is 66.5 Å². The first-order chi connectivity index (χ1) is 13.8. The van der Waals surface area contributed by atoms with Crippen LogP contribution in [0.5, 0.6) is 0 Å². The molecule has 0 aromatic heterocycles. The molecular formula is C21H18BrClN2O3S. The summed E-state index contributed by atoms with van der Waals surface area (Å²) in [6, 6.07) is 20.2. The number of benzene rings is 3. The third kappa shape index (κ3) is 4.63. The molecule has 0 atom stereocenters. The number of nitrogens with one attached hydrogen (secondary N) is 1. The molecule has 0 heterocycles. The lowest BCUT2D eigenvalue weighted by Crippen LogP contribution is -2.31. The molecule has 5 nitrogen and oxygen atoms in total. The van der Waals surface area contributed by atoms with Gasteiger partial charge in [-0.15, -0.1) is 0 Å². The van der Waals surface area contributed by atoms with Gasteiger partial charge in [0.25, 0.3) is 15.9 Å². The summed E-state index contributed by atoms with van der Waals surface area (Å²) in [5.74, 6) is -0.362. The molecule has 0 saturated carbocycles. The van der Waals surface area contributed by atoms with E-state index in [1.807, 2.05) is 6.07 Å². The number of anilines is 2. The number of carbonyl (C=O) groups excluding carboxylic acids is 1. The molecule has 150 valence electrons. The monoisotopic (exact) mass is 492 g/mol. The van der Waals surface area contributed by atoms with E-state index in [-0.39, 0.29) is 22.4 Å². The molecule has 3 aromatic carbocycles. The van der Waals surface area contributed by atoms with Gasteiger partial charge in [0.05, 0.1) is 16.3 Å². The fraction of sp³-hybridized carbons (Fsp3) is 0.0952. The molecule has 0 aliphatic carbocycles. The number of carbonyl (C=O) groups is 1. The maximum absolute atomic E-state index is 13.3. The molecule has 0 spiro atoms. The van der Waals surface area contributed by atoms with Gasteiger partial charge >= 0.3 is 0 Å². The highest BCUT2D eigenvalue weighted by Gasteiger charge is 2.26. The number of hydrogen-bond acceptors (Lipinski definition) is 3. The van der Waals surface area contributed by atoms with E-state index in [9.17, 15) is 13.2 Å². The lowest BCUT2D eigenvalue weighted by Gasteiger charge is -2.23. The molecule has 0 unspecified atom stereocenters. The Labute approximate surface area is 183 Å². The average molecular weight is 494 g/mol. The second-order valence-electron chi connectivity index (χ2n) is 6.08. The van der Waals surface area contributed by atoms with E-state index in [0.29, 0.717) is 21.4 Å². The van der Waals surface area contributed by atoms with Crippen LogP contribution in [-0.2, 0) is 10.0 Å². The zero-order valence-electron chi connectivity index (χ0n) is 15.5. The Morgan fingerprint density at radius 3 is 2.34 bits per heavy atom. The third-order valence-electron chi connectivity index (χ3n) is 4.21. The first-order valence-electron chi connectivity index (χ1n) is 8.78. The number of para-hydroxylation sites is 1. The van der Waals surface area contributed by atoms with Crippen molar-refractivity contribution in [2.45, 2.75) is 11.8 Å². The Hall–Kier alpha value is -2.35. The molecule has 29 heavy (non-hydrogen) atoms. The van der Waals surface area contributed by atoms with Crippen LogP contribution in [0.15, 0.2) is 82.2 Å². The maximum atomic E-state index is 13.3. The summed E-state index contributed by atoms with van der Waals surface area (Å²) in [5, 5.41) is 2.81. The van der Waals surface area contributed by atoms with Gasteiger partial charge in [0, 0.05) is 16.7 Å². The van der Waals surface area contributed by atoms with Crippen LogP contribution in [-0.4, -0.2) is 20.9 Å². The van der Waals surface area contributed by atoms with Gasteiger partial charge in [-0.1, -0.05) is 41.9 Å². The number of rotatable bonds is 6. The van der Waals surface area contributed by atoms with Gasteiger partial charge in [0.15, 0.2) is 0 Å². The molecule has 0 bridgehead atoms. The Kier molecular flexibility index (Phi) is 6.62. The minimum Gasteiger partial charge on any atom is -0.322 e. The van der Waals surface area contributed by atoms with Crippen molar-refractivity contribution in [2.24, 2.45) is 0 Å². The minimum atomic E-state index is -3.93. The van der Waals surface area contributed by atoms with Crippen LogP contribution >= 0.6 is 27.5 Å². The van der Waals surface area contributed by atoms with Crippen molar-refractivity contribution in [2.75, 3.05) is 16.2 Å². The van der Waals surface area contributed by atoms with Crippen LogP contribution in [0, 0.1) is 0 Å². The van der Waals surface area contributed by atoms with Crippen molar-refractivity contribution in [3.63, 3.8) is 0 Å². The largest absolute Gasteiger partial charge is 0.322 e. The van der Waals surface area contributed by atoms with Crippen LogP contribution in [0.25, 0.3) is 0 Å². The molecule has 8 heteroatoms. The van der Waals surface area contributed by atoms with E-state index >= 15 is 0 Å². The smallest absolute Gasteiger partial charge is 0.265 e. The van der Waals surface area contributed by atoms with Crippen molar-refractivity contribution in [3.8, 4) is 0 Å². The highest BCUT2D eigenvalue weighted by Crippen LogP contribution is 2.31. The van der Waals surface area contributed by atoms with E-state index in [1.54, 1.807) is 61.5 Å². The highest BCUT2D eigenvalue weighted by molar-refractivity contribution is 9.10. The van der Waals surface area contributed by atoms with Gasteiger partial charge in [-0.2, -0.15) is 0 Å². The van der Waals surface area contributed by atoms with Crippen molar-refractivity contribution in [1.29, 1.82) is 0 Å². The van der Waals surface area contributed by atoms with Crippen molar-refractivity contribution >= 4 is 54.8 Å². The van der Waals surface area contributed by atoms with Gasteiger partial charge in [-0.3, -0.25) is 9.10 Å². The molecule has 3 aromatic rings. The average Bonchev–Trinajstić information content (AvgIpc) is 2.70. The summed E-state index contributed by atoms with van der Waals surface area (Å²) in [6.45, 7) is 1.98. The molecule has 1 N–H and O–H groups in total. The molecule has 1 amide bonds. The lowest BCUT2D eigenvalue weighted by atomic mass is 10.2. The normalized spacial score (nSPS) is 11.1. The van der Waals surface area contributed by atoms with E-state index in [2.05, 4.69) is 21.2 Å². The van der Waals surface area contributed by atoms with Crippen molar-refractivity contribution in [1.82, 2.24) is 0 Å². The SMILES string of the molecule is CCN(c1ccccc1)S(=O)(=O)c1cc(NC(=O)c2ccccc2Br)ccc1Cl. The fourth-order valence-corrected chi connectivity index (χ4v) is 5.27. The highest BCUT2D eigenvalue weighted by atomic mass is 79.9. The Balaban J connectivity index is 1.96. The summed E-state index contributed by atoms with van der Waals surface area (Å²) in [7, 11) is -3.93. The molecule has 0 saturated heterocycles. The predicted molar refractivity (Wildman–Crippen MR) is 120 cm³/mol. The molecule has 0 radical (unpaired) electrons. The van der Waals surface area contributed by atoms with Gasteiger partial charge in [-0.25, -0.2) is 8.42 Å². The summed E-state index contributed by atoms with van der Waals surface area (Å²) >= 11 is 9.56. The van der Waals surface area contributed by atoms with Crippen LogP contribution in [0.2, 0.25) is 5.02 Å². The van der Waals surface area contributed by atoms with Gasteiger partial charge < -0.3 is 5.32 Å². The molecular weight excluding hydrogens is 476 g/mol. The van der Waals surface area contributed by atoms with E-state index in [4.69, 9.17) is 11.6 Å². The van der Waals surface area contributed by atoms with Gasteiger partial charge in [0.1, 0.15) is 4.90 Å². The van der Waals surface area contributed by atoms with Crippen LogP contribution in [0.4, 0.5) is 11.4 Å². The third-order valence-corrected chi connectivity index (χ3v) is 7.28. The van der Waals surface area contributed by atoms with E-state index < -0.39 is 10.0 Å². The quantitative estimate of drug-likeness (QED) is 0.488. The summed E-state index contributed by atoms with van der Waals surface area (Å²) in [6.07, 6.45) is 0. The number of hydrogen-bond donors (Lipinski definition) is 1. The van der Waals surface area contributed by atoms with E-state index in [1.165, 1.54) is 16.4 Å². The second kappa shape index (κ2) is 8.98. The zero-order valence-corrected chi connectivity index (χ0v) is 18.6. The first-order valence-corrected chi connectivity index (χ1v) is 11.4.